The van der Waals surface area contributed by atoms with Crippen molar-refractivity contribution in [3.05, 3.63) is 24.3 Å². The first kappa shape index (κ1) is 15.1. The predicted octanol–water partition coefficient (Wildman–Crippen LogP) is 0.771. The molecule has 2 atom stereocenters. The van der Waals surface area contributed by atoms with E-state index in [1.165, 1.54) is 9.80 Å². The predicted molar refractivity (Wildman–Crippen MR) is 75.5 cm³/mol. The maximum absolute atomic E-state index is 12.4. The van der Waals surface area contributed by atoms with Crippen LogP contribution in [0.15, 0.2) is 24.3 Å². The summed E-state index contributed by atoms with van der Waals surface area (Å²) < 4.78 is 5.05. The average Bonchev–Trinajstić information content (AvgIpc) is 2.88. The Bertz CT molecular complexity index is 531. The van der Waals surface area contributed by atoms with Crippen LogP contribution in [0.3, 0.4) is 0 Å². The number of urea groups is 1. The summed E-state index contributed by atoms with van der Waals surface area (Å²) in [6, 6.07) is 5.40. The van der Waals surface area contributed by atoms with Gasteiger partial charge >= 0.3 is 12.0 Å². The summed E-state index contributed by atoms with van der Waals surface area (Å²) in [5, 5.41) is 18.7. The highest BCUT2D eigenvalue weighted by molar-refractivity contribution is 5.94. The first-order valence-electron chi connectivity index (χ1n) is 6.53. The molecule has 0 bridgehead atoms. The number of anilines is 1. The largest absolute Gasteiger partial charge is 0.497 e. The number of rotatable bonds is 3. The summed E-state index contributed by atoms with van der Waals surface area (Å²) in [7, 11) is 3.11. The Balaban J connectivity index is 2.15. The molecule has 0 aliphatic carbocycles. The maximum Gasteiger partial charge on any atom is 0.326 e. The molecule has 1 aromatic rings. The average molecular weight is 294 g/mol. The lowest BCUT2D eigenvalue weighted by Crippen LogP contribution is -2.47. The van der Waals surface area contributed by atoms with Gasteiger partial charge in [0.1, 0.15) is 11.8 Å². The number of nitrogens with zero attached hydrogens (tertiary/aromatic N) is 2. The second-order valence-electron chi connectivity index (χ2n) is 4.94. The van der Waals surface area contributed by atoms with Crippen molar-refractivity contribution in [2.24, 2.45) is 0 Å². The number of aliphatic hydroxyl groups excluding tert-OH is 1. The molecule has 1 saturated heterocycles. The number of likely N-dealkylation sites (tertiary alicyclic amines) is 1. The zero-order valence-corrected chi connectivity index (χ0v) is 11.9. The minimum Gasteiger partial charge on any atom is -0.497 e. The Morgan fingerprint density at radius 3 is 2.48 bits per heavy atom. The summed E-state index contributed by atoms with van der Waals surface area (Å²) in [5.41, 5.74) is 0.617. The molecule has 0 aromatic heterocycles. The number of hydrogen-bond donors (Lipinski definition) is 2. The van der Waals surface area contributed by atoms with E-state index in [1.54, 1.807) is 38.4 Å². The molecule has 1 aromatic carbocycles. The van der Waals surface area contributed by atoms with Gasteiger partial charge in [-0.15, -0.1) is 0 Å². The smallest absolute Gasteiger partial charge is 0.326 e. The first-order valence-corrected chi connectivity index (χ1v) is 6.53. The van der Waals surface area contributed by atoms with Gasteiger partial charge in [-0.2, -0.15) is 0 Å². The van der Waals surface area contributed by atoms with Gasteiger partial charge in [0.15, 0.2) is 0 Å². The van der Waals surface area contributed by atoms with Gasteiger partial charge in [-0.3, -0.25) is 4.90 Å². The molecule has 1 fully saturated rings. The quantitative estimate of drug-likeness (QED) is 0.859. The maximum atomic E-state index is 12.4. The normalized spacial score (nSPS) is 21.2. The Morgan fingerprint density at radius 1 is 1.33 bits per heavy atom. The van der Waals surface area contributed by atoms with Crippen LogP contribution in [0.4, 0.5) is 10.5 Å². The van der Waals surface area contributed by atoms with Crippen molar-refractivity contribution >= 4 is 17.7 Å². The number of ether oxygens (including phenoxy) is 1. The van der Waals surface area contributed by atoms with Crippen LogP contribution in [0.5, 0.6) is 5.75 Å². The molecule has 7 nitrogen and oxygen atoms in total. The number of aliphatic carboxylic acids is 1. The van der Waals surface area contributed by atoms with Crippen molar-refractivity contribution in [3.8, 4) is 5.75 Å². The number of amides is 2. The lowest BCUT2D eigenvalue weighted by atomic mass is 10.2. The zero-order valence-electron chi connectivity index (χ0n) is 11.9. The third kappa shape index (κ3) is 3.08. The standard InChI is InChI=1S/C14H18N2O5/c1-15(9-3-5-11(21-2)6-4-9)14(20)16-8-10(17)7-12(16)13(18)19/h3-6,10,12,17H,7-8H2,1-2H3,(H,18,19)/t10-,12-/m0/s1. The summed E-state index contributed by atoms with van der Waals surface area (Å²) in [6.45, 7) is 0.0241. The number of carbonyl (C=O) groups excluding carboxylic acids is 1. The van der Waals surface area contributed by atoms with Gasteiger partial charge < -0.3 is 19.8 Å². The van der Waals surface area contributed by atoms with Crippen molar-refractivity contribution in [2.75, 3.05) is 25.6 Å². The van der Waals surface area contributed by atoms with E-state index in [1.807, 2.05) is 0 Å². The molecule has 0 unspecified atom stereocenters. The fourth-order valence-corrected chi connectivity index (χ4v) is 2.37. The Morgan fingerprint density at radius 2 is 1.95 bits per heavy atom. The van der Waals surface area contributed by atoms with Crippen LogP contribution in [-0.4, -0.2) is 60.0 Å². The van der Waals surface area contributed by atoms with Gasteiger partial charge in [0.05, 0.1) is 13.2 Å². The molecular formula is C14H18N2O5. The number of carboxylic acids is 1. The second-order valence-corrected chi connectivity index (χ2v) is 4.94. The molecule has 21 heavy (non-hydrogen) atoms. The number of carbonyl (C=O) groups is 2. The van der Waals surface area contributed by atoms with E-state index in [2.05, 4.69) is 0 Å². The third-order valence-corrected chi connectivity index (χ3v) is 3.56. The molecule has 2 amide bonds. The van der Waals surface area contributed by atoms with E-state index < -0.39 is 24.1 Å². The lowest BCUT2D eigenvalue weighted by molar-refractivity contribution is -0.141. The highest BCUT2D eigenvalue weighted by Gasteiger charge is 2.40. The third-order valence-electron chi connectivity index (χ3n) is 3.56. The van der Waals surface area contributed by atoms with Crippen molar-refractivity contribution in [2.45, 2.75) is 18.6 Å². The molecule has 0 radical (unpaired) electrons. The number of benzene rings is 1. The van der Waals surface area contributed by atoms with Crippen molar-refractivity contribution in [3.63, 3.8) is 0 Å². The lowest BCUT2D eigenvalue weighted by Gasteiger charge is -2.27. The van der Waals surface area contributed by atoms with E-state index in [0.717, 1.165) is 0 Å². The topological polar surface area (TPSA) is 90.3 Å². The Hall–Kier alpha value is -2.28. The van der Waals surface area contributed by atoms with Crippen LogP contribution in [0.1, 0.15) is 6.42 Å². The fourth-order valence-electron chi connectivity index (χ4n) is 2.37. The minimum absolute atomic E-state index is 0.0241. The number of hydrogen-bond acceptors (Lipinski definition) is 4. The summed E-state index contributed by atoms with van der Waals surface area (Å²) in [5.74, 6) is -0.442. The van der Waals surface area contributed by atoms with E-state index in [0.29, 0.717) is 11.4 Å². The molecular weight excluding hydrogens is 276 g/mol. The highest BCUT2D eigenvalue weighted by Crippen LogP contribution is 2.23. The molecule has 2 rings (SSSR count). The molecule has 1 aliphatic heterocycles. The Kier molecular flexibility index (Phi) is 4.32. The molecule has 1 aliphatic rings. The number of methoxy groups -OCH3 is 1. The number of carboxylic acid groups (broad SMARTS) is 1. The highest BCUT2D eigenvalue weighted by atomic mass is 16.5. The summed E-state index contributed by atoms with van der Waals surface area (Å²) in [6.07, 6.45) is -0.753. The molecule has 7 heteroatoms. The number of β-amino-alcohol motifs (C(OH)–C–C–N with tert-alkyl or cyclic N) is 1. The second kappa shape index (κ2) is 6.01. The van der Waals surface area contributed by atoms with Crippen molar-refractivity contribution in [1.82, 2.24) is 4.90 Å². The van der Waals surface area contributed by atoms with Gasteiger partial charge in [0.25, 0.3) is 0 Å². The molecule has 1 heterocycles. The summed E-state index contributed by atoms with van der Waals surface area (Å²) >= 11 is 0. The van der Waals surface area contributed by atoms with Crippen LogP contribution >= 0.6 is 0 Å². The Labute approximate surface area is 122 Å². The SMILES string of the molecule is COc1ccc(N(C)C(=O)N2C[C@@H](O)C[C@H]2C(=O)O)cc1. The van der Waals surface area contributed by atoms with Gasteiger partial charge in [-0.1, -0.05) is 0 Å². The van der Waals surface area contributed by atoms with Crippen molar-refractivity contribution in [1.29, 1.82) is 0 Å². The van der Waals surface area contributed by atoms with Gasteiger partial charge in [0.2, 0.25) is 0 Å². The van der Waals surface area contributed by atoms with E-state index in [-0.39, 0.29) is 13.0 Å². The van der Waals surface area contributed by atoms with Crippen LogP contribution in [-0.2, 0) is 4.79 Å². The van der Waals surface area contributed by atoms with Crippen LogP contribution in [0.2, 0.25) is 0 Å². The summed E-state index contributed by atoms with van der Waals surface area (Å²) in [4.78, 5) is 26.1. The van der Waals surface area contributed by atoms with Gasteiger partial charge in [0, 0.05) is 25.7 Å². The molecule has 0 spiro atoms. The van der Waals surface area contributed by atoms with Gasteiger partial charge in [-0.25, -0.2) is 9.59 Å². The molecule has 114 valence electrons. The van der Waals surface area contributed by atoms with Crippen LogP contribution in [0.25, 0.3) is 0 Å². The van der Waals surface area contributed by atoms with Crippen molar-refractivity contribution < 1.29 is 24.5 Å². The van der Waals surface area contributed by atoms with E-state index in [9.17, 15) is 14.7 Å². The monoisotopic (exact) mass is 294 g/mol. The van der Waals surface area contributed by atoms with Crippen LogP contribution in [0, 0.1) is 0 Å². The molecule has 2 N–H and O–H groups in total. The van der Waals surface area contributed by atoms with E-state index in [4.69, 9.17) is 9.84 Å². The van der Waals surface area contributed by atoms with Crippen LogP contribution < -0.4 is 9.64 Å². The minimum atomic E-state index is -1.11. The zero-order chi connectivity index (χ0) is 15.6. The van der Waals surface area contributed by atoms with E-state index >= 15 is 0 Å². The first-order chi connectivity index (χ1) is 9.93. The molecule has 0 saturated carbocycles. The number of aliphatic hydroxyl groups is 1. The van der Waals surface area contributed by atoms with Gasteiger partial charge in [-0.05, 0) is 24.3 Å². The fraction of sp³-hybridized carbons (Fsp3) is 0.429.